The number of hydrogen-bond donors (Lipinski definition) is 0. The summed E-state index contributed by atoms with van der Waals surface area (Å²) in [6.07, 6.45) is 10.5. The van der Waals surface area contributed by atoms with E-state index in [-0.39, 0.29) is 0 Å². The smallest absolute Gasteiger partial charge is 0.151 e. The molecule has 0 saturated carbocycles. The number of benzene rings is 10. The van der Waals surface area contributed by atoms with Crippen LogP contribution >= 0.6 is 0 Å². The zero-order valence-electron chi connectivity index (χ0n) is 37.9. The third-order valence-electron chi connectivity index (χ3n) is 13.9. The topological polar surface area (TPSA) is 24.9 Å². The summed E-state index contributed by atoms with van der Waals surface area (Å²) in [5.74, 6) is 3.57. The quantitative estimate of drug-likeness (QED) is 0.155. The van der Waals surface area contributed by atoms with Crippen molar-refractivity contribution in [2.24, 2.45) is 0 Å². The second kappa shape index (κ2) is 16.1. The van der Waals surface area contributed by atoms with Gasteiger partial charge < -0.3 is 19.3 Å². The Kier molecular flexibility index (Phi) is 9.40. The van der Waals surface area contributed by atoms with Gasteiger partial charge in [-0.25, -0.2) is 0 Å². The predicted octanol–water partition coefficient (Wildman–Crippen LogP) is 17.7. The van der Waals surface area contributed by atoms with Crippen molar-refractivity contribution in [1.29, 1.82) is 0 Å². The van der Waals surface area contributed by atoms with Crippen LogP contribution in [0.4, 0.5) is 22.7 Å². The molecule has 2 heterocycles. The lowest BCUT2D eigenvalue weighted by molar-refractivity contribution is 0.388. The molecule has 0 amide bonds. The highest BCUT2D eigenvalue weighted by molar-refractivity contribution is 6.24. The van der Waals surface area contributed by atoms with Gasteiger partial charge in [0.25, 0.3) is 0 Å². The molecule has 4 nitrogen and oxygen atoms in total. The van der Waals surface area contributed by atoms with E-state index in [1.54, 1.807) is 0 Å². The summed E-state index contributed by atoms with van der Waals surface area (Å²) in [7, 11) is 0. The standard InChI is InChI=1S/C64H46N2O2/c1-3-15-56-41(2)67-60-25-11-8-22-57(60)65(56)48-34-36-52-55(40-48)64(51-21-14-19-44-17-6-7-20-50(44)51)53-37-35-49(66-58-23-9-12-26-61(58)68-62-27-13-10-24-59(62)66)39-54(53)63(52)45-31-28-43(29-32-45)47-33-30-42-16-4-5-18-46(42)38-47/h3-12,14-26,28-40H,13,27H2,1-2H3/b15-3-. The second-order valence-electron chi connectivity index (χ2n) is 17.9. The van der Waals surface area contributed by atoms with Crippen LogP contribution < -0.4 is 19.3 Å². The molecule has 0 spiro atoms. The zero-order chi connectivity index (χ0) is 45.3. The third-order valence-corrected chi connectivity index (χ3v) is 13.9. The highest BCUT2D eigenvalue weighted by Gasteiger charge is 2.30. The monoisotopic (exact) mass is 874 g/mol. The number of rotatable bonds is 6. The first-order valence-corrected chi connectivity index (χ1v) is 23.6. The molecule has 13 rings (SSSR count). The maximum atomic E-state index is 6.59. The average molecular weight is 875 g/mol. The minimum absolute atomic E-state index is 0.835. The lowest BCUT2D eigenvalue weighted by Gasteiger charge is -2.35. The van der Waals surface area contributed by atoms with E-state index in [2.05, 4.69) is 236 Å². The number of fused-ring (bicyclic) bond motifs is 6. The molecule has 3 aliphatic rings. The third kappa shape index (κ3) is 6.44. The fourth-order valence-corrected chi connectivity index (χ4v) is 10.8. The van der Waals surface area contributed by atoms with Gasteiger partial charge in [-0.15, -0.1) is 0 Å². The van der Waals surface area contributed by atoms with Crippen molar-refractivity contribution < 1.29 is 9.47 Å². The average Bonchev–Trinajstić information content (AvgIpc) is 3.39. The molecule has 0 aromatic heterocycles. The van der Waals surface area contributed by atoms with E-state index in [0.717, 1.165) is 75.6 Å². The maximum Gasteiger partial charge on any atom is 0.151 e. The molecule has 4 heteroatoms. The van der Waals surface area contributed by atoms with E-state index >= 15 is 0 Å². The van der Waals surface area contributed by atoms with Gasteiger partial charge in [0.05, 0.1) is 22.8 Å². The summed E-state index contributed by atoms with van der Waals surface area (Å²) >= 11 is 0. The Morgan fingerprint density at radius 2 is 1.09 bits per heavy atom. The van der Waals surface area contributed by atoms with E-state index in [1.807, 2.05) is 6.07 Å². The molecule has 0 unspecified atom stereocenters. The number of allylic oxidation sites excluding steroid dienone is 6. The lowest BCUT2D eigenvalue weighted by atomic mass is 9.84. The van der Waals surface area contributed by atoms with Gasteiger partial charge >= 0.3 is 0 Å². The Hall–Kier alpha value is -8.60. The Bertz CT molecular complexity index is 3830. The minimum Gasteiger partial charge on any atom is -0.458 e. The van der Waals surface area contributed by atoms with Gasteiger partial charge in [0.1, 0.15) is 11.5 Å². The van der Waals surface area contributed by atoms with Crippen LogP contribution in [0.3, 0.4) is 0 Å². The first-order chi connectivity index (χ1) is 33.6. The number of hydrogen-bond acceptors (Lipinski definition) is 4. The molecular weight excluding hydrogens is 829 g/mol. The highest BCUT2D eigenvalue weighted by atomic mass is 16.5. The normalized spacial score (nSPS) is 14.4. The Balaban J connectivity index is 1.12. The van der Waals surface area contributed by atoms with Crippen LogP contribution in [0.15, 0.2) is 241 Å². The molecule has 1 aliphatic carbocycles. The number of anilines is 4. The van der Waals surface area contributed by atoms with Crippen LogP contribution in [0, 0.1) is 0 Å². The molecule has 10 aromatic rings. The van der Waals surface area contributed by atoms with Crippen molar-refractivity contribution in [3.05, 3.63) is 241 Å². The summed E-state index contributed by atoms with van der Waals surface area (Å²) in [6.45, 7) is 4.12. The van der Waals surface area contributed by atoms with Gasteiger partial charge in [0.15, 0.2) is 11.5 Å². The minimum atomic E-state index is 0.835. The fraction of sp³-hybridized carbons (Fsp3) is 0.0625. The molecule has 0 saturated heterocycles. The Morgan fingerprint density at radius 1 is 0.471 bits per heavy atom. The van der Waals surface area contributed by atoms with Gasteiger partial charge in [0.2, 0.25) is 0 Å². The van der Waals surface area contributed by atoms with Crippen molar-refractivity contribution in [3.8, 4) is 44.9 Å². The molecule has 0 N–H and O–H groups in total. The summed E-state index contributed by atoms with van der Waals surface area (Å²) in [5, 5.41) is 9.60. The van der Waals surface area contributed by atoms with Crippen LogP contribution in [-0.2, 0) is 0 Å². The number of ether oxygens (including phenoxy) is 2. The van der Waals surface area contributed by atoms with Crippen molar-refractivity contribution in [1.82, 2.24) is 0 Å². The van der Waals surface area contributed by atoms with Crippen molar-refractivity contribution in [3.63, 3.8) is 0 Å². The van der Waals surface area contributed by atoms with Crippen LogP contribution in [0.1, 0.15) is 26.7 Å². The van der Waals surface area contributed by atoms with Crippen LogP contribution in [-0.4, -0.2) is 0 Å². The van der Waals surface area contributed by atoms with E-state index in [1.165, 1.54) is 70.9 Å². The Morgan fingerprint density at radius 3 is 1.88 bits per heavy atom. The molecule has 10 aromatic carbocycles. The molecule has 0 fully saturated rings. The van der Waals surface area contributed by atoms with Crippen LogP contribution in [0.2, 0.25) is 0 Å². The van der Waals surface area contributed by atoms with Crippen molar-refractivity contribution in [2.45, 2.75) is 26.7 Å². The molecular formula is C64H46N2O2. The van der Waals surface area contributed by atoms with Gasteiger partial charge in [-0.3, -0.25) is 0 Å². The van der Waals surface area contributed by atoms with E-state index < -0.39 is 0 Å². The van der Waals surface area contributed by atoms with Crippen molar-refractivity contribution in [2.75, 3.05) is 9.80 Å². The summed E-state index contributed by atoms with van der Waals surface area (Å²) < 4.78 is 13.1. The molecule has 0 atom stereocenters. The molecule has 2 aliphatic heterocycles. The van der Waals surface area contributed by atoms with Gasteiger partial charge in [-0.05, 0) is 163 Å². The second-order valence-corrected chi connectivity index (χ2v) is 17.9. The SMILES string of the molecule is C/C=C\C1=C(C)Oc2ccccc2N1c1ccc2c(-c3ccc(-c4ccc5ccccc5c4)cc3)c3cc(N4C5=C(CCC=C5)Oc5ccccc54)ccc3c(-c3cccc4ccccc34)c2c1. The van der Waals surface area contributed by atoms with Gasteiger partial charge in [-0.2, -0.15) is 0 Å². The van der Waals surface area contributed by atoms with Crippen LogP contribution in [0.25, 0.3) is 76.5 Å². The summed E-state index contributed by atoms with van der Waals surface area (Å²) in [5.41, 5.74) is 13.4. The fourth-order valence-electron chi connectivity index (χ4n) is 10.8. The Labute approximate surface area is 396 Å². The first kappa shape index (κ1) is 39.7. The highest BCUT2D eigenvalue weighted by Crippen LogP contribution is 2.52. The summed E-state index contributed by atoms with van der Waals surface area (Å²) in [4.78, 5) is 4.75. The van der Waals surface area contributed by atoms with E-state index in [4.69, 9.17) is 9.47 Å². The molecule has 0 bridgehead atoms. The zero-order valence-corrected chi connectivity index (χ0v) is 37.9. The lowest BCUT2D eigenvalue weighted by Crippen LogP contribution is -2.24. The summed E-state index contributed by atoms with van der Waals surface area (Å²) in [6, 6.07) is 71.0. The maximum absolute atomic E-state index is 6.59. The van der Waals surface area contributed by atoms with Gasteiger partial charge in [-0.1, -0.05) is 152 Å². The first-order valence-electron chi connectivity index (χ1n) is 23.6. The van der Waals surface area contributed by atoms with Crippen LogP contribution in [0.5, 0.6) is 11.5 Å². The largest absolute Gasteiger partial charge is 0.458 e. The predicted molar refractivity (Wildman–Crippen MR) is 284 cm³/mol. The molecule has 68 heavy (non-hydrogen) atoms. The number of para-hydroxylation sites is 4. The molecule has 324 valence electrons. The van der Waals surface area contributed by atoms with Gasteiger partial charge in [0, 0.05) is 17.8 Å². The van der Waals surface area contributed by atoms with E-state index in [9.17, 15) is 0 Å². The van der Waals surface area contributed by atoms with E-state index in [0.29, 0.717) is 0 Å². The molecule has 0 radical (unpaired) electrons. The van der Waals surface area contributed by atoms with Crippen molar-refractivity contribution >= 4 is 65.8 Å². The number of nitrogens with zero attached hydrogens (tertiary/aromatic N) is 2.